The molecule has 1 aromatic heterocycles. The molecule has 0 bridgehead atoms. The van der Waals surface area contributed by atoms with Crippen molar-refractivity contribution in [2.75, 3.05) is 5.32 Å². The van der Waals surface area contributed by atoms with Gasteiger partial charge in [0.25, 0.3) is 0 Å². The molecule has 110 valence electrons. The van der Waals surface area contributed by atoms with Crippen LogP contribution >= 0.6 is 12.2 Å². The topological polar surface area (TPSA) is 37.0 Å². The number of hydrogen-bond acceptors (Lipinski definition) is 2. The Hall–Kier alpha value is -1.94. The van der Waals surface area contributed by atoms with Crippen LogP contribution in [0.15, 0.2) is 54.9 Å². The third-order valence-corrected chi connectivity index (χ3v) is 3.35. The number of benzene rings is 1. The fourth-order valence-corrected chi connectivity index (χ4v) is 2.46. The van der Waals surface area contributed by atoms with E-state index in [1.165, 1.54) is 5.56 Å². The third kappa shape index (κ3) is 5.16. The maximum atomic E-state index is 5.42. The molecule has 1 heterocycles. The Labute approximate surface area is 131 Å². The second-order valence-electron chi connectivity index (χ2n) is 5.43. The summed E-state index contributed by atoms with van der Waals surface area (Å²) in [4.78, 5) is 4.07. The predicted octanol–water partition coefficient (Wildman–Crippen LogP) is 4.16. The molecule has 1 aromatic carbocycles. The van der Waals surface area contributed by atoms with Gasteiger partial charge in [0, 0.05) is 6.20 Å². The second-order valence-corrected chi connectivity index (χ2v) is 5.84. The Morgan fingerprint density at radius 3 is 2.52 bits per heavy atom. The van der Waals surface area contributed by atoms with Crippen molar-refractivity contribution in [3.63, 3.8) is 0 Å². The highest BCUT2D eigenvalue weighted by Crippen LogP contribution is 2.21. The minimum absolute atomic E-state index is 0.211. The number of hydrogen-bond donors (Lipinski definition) is 2. The monoisotopic (exact) mass is 299 g/mol. The molecule has 0 radical (unpaired) electrons. The molecule has 0 saturated heterocycles. The fourth-order valence-electron chi connectivity index (χ4n) is 2.20. The normalized spacial score (nSPS) is 12.0. The van der Waals surface area contributed by atoms with E-state index in [1.54, 1.807) is 12.4 Å². The largest absolute Gasteiger partial charge is 0.356 e. The van der Waals surface area contributed by atoms with Crippen molar-refractivity contribution in [1.29, 1.82) is 0 Å². The zero-order valence-corrected chi connectivity index (χ0v) is 13.2. The molecule has 1 atom stereocenters. The Morgan fingerprint density at radius 1 is 1.14 bits per heavy atom. The van der Waals surface area contributed by atoms with Gasteiger partial charge in [-0.2, -0.15) is 0 Å². The van der Waals surface area contributed by atoms with E-state index in [0.29, 0.717) is 11.0 Å². The smallest absolute Gasteiger partial charge is 0.171 e. The molecule has 3 nitrogen and oxygen atoms in total. The number of rotatable bonds is 5. The van der Waals surface area contributed by atoms with Crippen molar-refractivity contribution in [3.05, 3.63) is 60.4 Å². The van der Waals surface area contributed by atoms with Gasteiger partial charge in [-0.15, -0.1) is 0 Å². The SMILES string of the molecule is CC(C)CC(NC(=S)Nc1cccnc1)c1ccccc1. The van der Waals surface area contributed by atoms with Gasteiger partial charge in [-0.1, -0.05) is 44.2 Å². The van der Waals surface area contributed by atoms with E-state index in [0.717, 1.165) is 12.1 Å². The summed E-state index contributed by atoms with van der Waals surface area (Å²) in [5.74, 6) is 0.587. The number of pyridine rings is 1. The first-order valence-electron chi connectivity index (χ1n) is 7.17. The van der Waals surface area contributed by atoms with Gasteiger partial charge in [0.1, 0.15) is 0 Å². The minimum atomic E-state index is 0.211. The van der Waals surface area contributed by atoms with E-state index >= 15 is 0 Å². The van der Waals surface area contributed by atoms with Crippen LogP contribution in [0.4, 0.5) is 5.69 Å². The van der Waals surface area contributed by atoms with E-state index in [4.69, 9.17) is 12.2 Å². The number of anilines is 1. The van der Waals surface area contributed by atoms with Gasteiger partial charge in [0.05, 0.1) is 17.9 Å². The molecule has 21 heavy (non-hydrogen) atoms. The Balaban J connectivity index is 2.03. The molecule has 2 N–H and O–H groups in total. The van der Waals surface area contributed by atoms with Gasteiger partial charge in [-0.25, -0.2) is 0 Å². The zero-order chi connectivity index (χ0) is 15.1. The summed E-state index contributed by atoms with van der Waals surface area (Å²) in [6.07, 6.45) is 4.53. The van der Waals surface area contributed by atoms with Crippen molar-refractivity contribution < 1.29 is 0 Å². The van der Waals surface area contributed by atoms with Crippen molar-refractivity contribution in [1.82, 2.24) is 10.3 Å². The molecule has 1 unspecified atom stereocenters. The van der Waals surface area contributed by atoms with Crippen molar-refractivity contribution in [3.8, 4) is 0 Å². The predicted molar refractivity (Wildman–Crippen MR) is 92.2 cm³/mol. The Bertz CT molecular complexity index is 555. The van der Waals surface area contributed by atoms with E-state index in [1.807, 2.05) is 18.2 Å². The lowest BCUT2D eigenvalue weighted by atomic mass is 9.97. The molecular formula is C17H21N3S. The lowest BCUT2D eigenvalue weighted by molar-refractivity contribution is 0.481. The van der Waals surface area contributed by atoms with Gasteiger partial charge in [0.2, 0.25) is 0 Å². The highest BCUT2D eigenvalue weighted by molar-refractivity contribution is 7.80. The van der Waals surface area contributed by atoms with Gasteiger partial charge in [0.15, 0.2) is 5.11 Å². The average Bonchev–Trinajstić information content (AvgIpc) is 2.48. The fraction of sp³-hybridized carbons (Fsp3) is 0.294. The van der Waals surface area contributed by atoms with Crippen molar-refractivity contribution >= 4 is 23.0 Å². The van der Waals surface area contributed by atoms with Gasteiger partial charge in [-0.3, -0.25) is 4.98 Å². The average molecular weight is 299 g/mol. The van der Waals surface area contributed by atoms with Gasteiger partial charge < -0.3 is 10.6 Å². The molecule has 2 aromatic rings. The summed E-state index contributed by atoms with van der Waals surface area (Å²) in [6.45, 7) is 4.43. The number of thiocarbonyl (C=S) groups is 1. The van der Waals surface area contributed by atoms with E-state index in [-0.39, 0.29) is 6.04 Å². The maximum absolute atomic E-state index is 5.42. The number of nitrogens with zero attached hydrogens (tertiary/aromatic N) is 1. The first kappa shape index (κ1) is 15.4. The second kappa shape index (κ2) is 7.74. The maximum Gasteiger partial charge on any atom is 0.171 e. The summed E-state index contributed by atoms with van der Waals surface area (Å²) >= 11 is 5.42. The standard InChI is InChI=1S/C17H21N3S/c1-13(2)11-16(14-7-4-3-5-8-14)20-17(21)19-15-9-6-10-18-12-15/h3-10,12-13,16H,11H2,1-2H3,(H2,19,20,21). The van der Waals surface area contributed by atoms with Crippen LogP contribution in [0.5, 0.6) is 0 Å². The molecule has 0 fully saturated rings. The van der Waals surface area contributed by atoms with Crippen LogP contribution in [0.2, 0.25) is 0 Å². The van der Waals surface area contributed by atoms with Crippen molar-refractivity contribution in [2.24, 2.45) is 5.92 Å². The van der Waals surface area contributed by atoms with Crippen molar-refractivity contribution in [2.45, 2.75) is 26.3 Å². The lowest BCUT2D eigenvalue weighted by Gasteiger charge is -2.23. The van der Waals surface area contributed by atoms with E-state index in [9.17, 15) is 0 Å². The zero-order valence-electron chi connectivity index (χ0n) is 12.4. The van der Waals surface area contributed by atoms with Crippen LogP contribution in [0.25, 0.3) is 0 Å². The lowest BCUT2D eigenvalue weighted by Crippen LogP contribution is -2.33. The molecular weight excluding hydrogens is 278 g/mol. The summed E-state index contributed by atoms with van der Waals surface area (Å²) in [6, 6.07) is 14.4. The first-order chi connectivity index (χ1) is 10.1. The third-order valence-electron chi connectivity index (χ3n) is 3.13. The molecule has 0 aliphatic carbocycles. The van der Waals surface area contributed by atoms with E-state index in [2.05, 4.69) is 53.7 Å². The highest BCUT2D eigenvalue weighted by Gasteiger charge is 2.14. The van der Waals surface area contributed by atoms with Crippen LogP contribution in [-0.4, -0.2) is 10.1 Å². The Kier molecular flexibility index (Phi) is 5.69. The summed E-state index contributed by atoms with van der Waals surface area (Å²) < 4.78 is 0. The summed E-state index contributed by atoms with van der Waals surface area (Å²) in [5, 5.41) is 7.20. The minimum Gasteiger partial charge on any atom is -0.356 e. The van der Waals surface area contributed by atoms with E-state index < -0.39 is 0 Å². The highest BCUT2D eigenvalue weighted by atomic mass is 32.1. The molecule has 0 amide bonds. The number of aromatic nitrogens is 1. The molecule has 0 aliphatic rings. The van der Waals surface area contributed by atoms with Crippen LogP contribution in [0.1, 0.15) is 31.9 Å². The van der Waals surface area contributed by atoms with Crippen LogP contribution in [0.3, 0.4) is 0 Å². The molecule has 0 spiro atoms. The van der Waals surface area contributed by atoms with Gasteiger partial charge in [-0.05, 0) is 42.3 Å². The molecule has 0 aliphatic heterocycles. The van der Waals surface area contributed by atoms with Crippen LogP contribution in [0, 0.1) is 5.92 Å². The molecule has 0 saturated carbocycles. The molecule has 2 rings (SSSR count). The number of nitrogens with one attached hydrogen (secondary N) is 2. The molecule has 4 heteroatoms. The first-order valence-corrected chi connectivity index (χ1v) is 7.58. The Morgan fingerprint density at radius 2 is 1.90 bits per heavy atom. The summed E-state index contributed by atoms with van der Waals surface area (Å²) in [5.41, 5.74) is 2.15. The van der Waals surface area contributed by atoms with Crippen LogP contribution < -0.4 is 10.6 Å². The quantitative estimate of drug-likeness (QED) is 0.813. The van der Waals surface area contributed by atoms with Gasteiger partial charge >= 0.3 is 0 Å². The summed E-state index contributed by atoms with van der Waals surface area (Å²) in [7, 11) is 0. The van der Waals surface area contributed by atoms with Crippen LogP contribution in [-0.2, 0) is 0 Å².